The Morgan fingerprint density at radius 1 is 1.06 bits per heavy atom. The number of aromatic amines is 1. The number of hydrogen-bond donors (Lipinski definition) is 1. The van der Waals surface area contributed by atoms with Gasteiger partial charge in [-0.2, -0.15) is 0 Å². The van der Waals surface area contributed by atoms with Gasteiger partial charge < -0.3 is 19.4 Å². The molecule has 0 bridgehead atoms. The first-order chi connectivity index (χ1) is 16.0. The number of amides is 1. The zero-order valence-corrected chi connectivity index (χ0v) is 18.4. The van der Waals surface area contributed by atoms with Crippen molar-refractivity contribution in [3.8, 4) is 11.5 Å². The summed E-state index contributed by atoms with van der Waals surface area (Å²) in [5.74, 6) is 1.12. The molecule has 0 saturated carbocycles. The summed E-state index contributed by atoms with van der Waals surface area (Å²) in [5.41, 5.74) is 4.59. The number of H-pyrrole nitrogens is 1. The molecule has 33 heavy (non-hydrogen) atoms. The van der Waals surface area contributed by atoms with E-state index in [0.717, 1.165) is 27.6 Å². The molecule has 7 nitrogen and oxygen atoms in total. The molecule has 1 N–H and O–H groups in total. The lowest BCUT2D eigenvalue weighted by Crippen LogP contribution is -2.32. The molecule has 4 aromatic rings. The van der Waals surface area contributed by atoms with Gasteiger partial charge in [-0.05, 0) is 66.8 Å². The smallest absolute Gasteiger partial charge is 0.256 e. The van der Waals surface area contributed by atoms with Crippen LogP contribution in [0.5, 0.6) is 11.5 Å². The lowest BCUT2D eigenvalue weighted by molar-refractivity contribution is 0.0729. The monoisotopic (exact) mass is 441 g/mol. The molecule has 1 aliphatic rings. The van der Waals surface area contributed by atoms with Crippen molar-refractivity contribution in [2.75, 3.05) is 6.79 Å². The minimum absolute atomic E-state index is 0.153. The molecule has 1 aliphatic heterocycles. The summed E-state index contributed by atoms with van der Waals surface area (Å²) in [6, 6.07) is 15.0. The second kappa shape index (κ2) is 8.43. The Hall–Kier alpha value is -4.13. The number of rotatable bonds is 5. The zero-order valence-electron chi connectivity index (χ0n) is 18.4. The van der Waals surface area contributed by atoms with Gasteiger partial charge in [-0.1, -0.05) is 17.7 Å². The molecular formula is C26H23N3O4. The van der Waals surface area contributed by atoms with Crippen molar-refractivity contribution in [1.29, 1.82) is 0 Å². The highest BCUT2D eigenvalue weighted by atomic mass is 16.7. The number of pyridine rings is 2. The van der Waals surface area contributed by atoms with Crippen molar-refractivity contribution < 1.29 is 14.3 Å². The highest BCUT2D eigenvalue weighted by Gasteiger charge is 2.21. The van der Waals surface area contributed by atoms with Crippen LogP contribution in [0.15, 0.2) is 65.7 Å². The number of benzene rings is 2. The Morgan fingerprint density at radius 2 is 1.91 bits per heavy atom. The maximum absolute atomic E-state index is 13.4. The molecule has 0 spiro atoms. The van der Waals surface area contributed by atoms with Gasteiger partial charge in [-0.3, -0.25) is 14.6 Å². The van der Waals surface area contributed by atoms with Crippen molar-refractivity contribution in [3.05, 3.63) is 99.1 Å². The lowest BCUT2D eigenvalue weighted by Gasteiger charge is -2.23. The molecule has 1 amide bonds. The number of fused-ring (bicyclic) bond motifs is 2. The van der Waals surface area contributed by atoms with Crippen molar-refractivity contribution in [2.45, 2.75) is 26.9 Å². The van der Waals surface area contributed by atoms with Crippen LogP contribution in [0, 0.1) is 13.8 Å². The number of aromatic nitrogens is 2. The molecule has 0 unspecified atom stereocenters. The summed E-state index contributed by atoms with van der Waals surface area (Å²) in [5, 5.41) is 0.943. The largest absolute Gasteiger partial charge is 0.454 e. The van der Waals surface area contributed by atoms with Crippen LogP contribution in [0.25, 0.3) is 10.9 Å². The Labute approximate surface area is 190 Å². The second-order valence-corrected chi connectivity index (χ2v) is 8.26. The minimum atomic E-state index is -0.208. The predicted molar refractivity (Wildman–Crippen MR) is 124 cm³/mol. The first kappa shape index (κ1) is 20.8. The Morgan fingerprint density at radius 3 is 2.73 bits per heavy atom. The number of nitrogens with one attached hydrogen (secondary N) is 1. The molecule has 7 heteroatoms. The minimum Gasteiger partial charge on any atom is -0.454 e. The summed E-state index contributed by atoms with van der Waals surface area (Å²) >= 11 is 0. The molecular weight excluding hydrogens is 418 g/mol. The molecule has 0 atom stereocenters. The first-order valence-electron chi connectivity index (χ1n) is 10.7. The average Bonchev–Trinajstić information content (AvgIpc) is 3.28. The van der Waals surface area contributed by atoms with Crippen LogP contribution in [0.3, 0.4) is 0 Å². The van der Waals surface area contributed by atoms with Gasteiger partial charge in [-0.25, -0.2) is 0 Å². The van der Waals surface area contributed by atoms with Gasteiger partial charge >= 0.3 is 0 Å². The number of nitrogens with zero attached hydrogens (tertiary/aromatic N) is 2. The van der Waals surface area contributed by atoms with Crippen LogP contribution < -0.4 is 15.0 Å². The molecule has 2 aromatic carbocycles. The fraction of sp³-hybridized carbons (Fsp3) is 0.192. The summed E-state index contributed by atoms with van der Waals surface area (Å²) in [6.45, 7) is 4.63. The third-order valence-electron chi connectivity index (χ3n) is 5.74. The molecule has 0 aliphatic carbocycles. The van der Waals surface area contributed by atoms with Crippen LogP contribution >= 0.6 is 0 Å². The van der Waals surface area contributed by atoms with E-state index in [1.807, 2.05) is 50.2 Å². The van der Waals surface area contributed by atoms with Crippen molar-refractivity contribution in [3.63, 3.8) is 0 Å². The summed E-state index contributed by atoms with van der Waals surface area (Å²) in [6.07, 6.45) is 3.16. The van der Waals surface area contributed by atoms with E-state index in [1.165, 1.54) is 6.20 Å². The van der Waals surface area contributed by atoms with Gasteiger partial charge in [-0.15, -0.1) is 0 Å². The van der Waals surface area contributed by atoms with E-state index in [9.17, 15) is 9.59 Å². The van der Waals surface area contributed by atoms with Gasteiger partial charge in [0.05, 0.1) is 17.6 Å². The molecule has 0 saturated heterocycles. The van der Waals surface area contributed by atoms with E-state index >= 15 is 0 Å². The molecule has 3 heterocycles. The van der Waals surface area contributed by atoms with E-state index < -0.39 is 0 Å². The fourth-order valence-electron chi connectivity index (χ4n) is 4.19. The standard InChI is InChI=1S/C26H23N3O4/c1-16-8-17(2)24-20(9-16)11-21(25(30)28-24)14-29(26(31)19-4-3-7-27-12-19)13-18-5-6-22-23(10-18)33-15-32-22/h3-12H,13-15H2,1-2H3,(H,28,30). The van der Waals surface area contributed by atoms with Gasteiger partial charge in [0.15, 0.2) is 11.5 Å². The van der Waals surface area contributed by atoms with Gasteiger partial charge in [0.2, 0.25) is 6.79 Å². The van der Waals surface area contributed by atoms with Gasteiger partial charge in [0.25, 0.3) is 11.5 Å². The van der Waals surface area contributed by atoms with Crippen LogP contribution in [0.1, 0.15) is 32.6 Å². The maximum atomic E-state index is 13.4. The van der Waals surface area contributed by atoms with Crippen molar-refractivity contribution in [1.82, 2.24) is 14.9 Å². The van der Waals surface area contributed by atoms with Crippen LogP contribution in [-0.2, 0) is 13.1 Å². The van der Waals surface area contributed by atoms with E-state index in [2.05, 4.69) is 9.97 Å². The number of aryl methyl sites for hydroxylation is 2. The fourth-order valence-corrected chi connectivity index (χ4v) is 4.19. The van der Waals surface area contributed by atoms with Crippen molar-refractivity contribution in [2.24, 2.45) is 0 Å². The number of carbonyl (C=O) groups excluding carboxylic acids is 1. The topological polar surface area (TPSA) is 84.5 Å². The third kappa shape index (κ3) is 4.17. The molecule has 5 rings (SSSR count). The van der Waals surface area contributed by atoms with Crippen LogP contribution in [0.2, 0.25) is 0 Å². The van der Waals surface area contributed by atoms with Crippen LogP contribution in [0.4, 0.5) is 0 Å². The van der Waals surface area contributed by atoms with E-state index in [-0.39, 0.29) is 24.8 Å². The predicted octanol–water partition coefficient (Wildman–Crippen LogP) is 4.11. The summed E-state index contributed by atoms with van der Waals surface area (Å²) < 4.78 is 10.9. The SMILES string of the molecule is Cc1cc(C)c2[nH]c(=O)c(CN(Cc3ccc4c(c3)OCO4)C(=O)c3cccnc3)cc2c1. The number of hydrogen-bond acceptors (Lipinski definition) is 5. The zero-order chi connectivity index (χ0) is 22.9. The van der Waals surface area contributed by atoms with E-state index in [4.69, 9.17) is 9.47 Å². The second-order valence-electron chi connectivity index (χ2n) is 8.26. The molecule has 166 valence electrons. The Balaban J connectivity index is 1.52. The third-order valence-corrected chi connectivity index (χ3v) is 5.74. The lowest BCUT2D eigenvalue weighted by atomic mass is 10.0. The number of ether oxygens (including phenoxy) is 2. The van der Waals surface area contributed by atoms with E-state index in [1.54, 1.807) is 23.2 Å². The maximum Gasteiger partial charge on any atom is 0.256 e. The Bertz CT molecular complexity index is 1410. The summed E-state index contributed by atoms with van der Waals surface area (Å²) in [4.78, 5) is 35.0. The quantitative estimate of drug-likeness (QED) is 0.504. The van der Waals surface area contributed by atoms with Crippen molar-refractivity contribution >= 4 is 16.8 Å². The number of carbonyl (C=O) groups is 1. The highest BCUT2D eigenvalue weighted by Crippen LogP contribution is 2.33. The molecule has 0 radical (unpaired) electrons. The van der Waals surface area contributed by atoms with Crippen LogP contribution in [-0.4, -0.2) is 27.6 Å². The van der Waals surface area contributed by atoms with E-state index in [0.29, 0.717) is 29.2 Å². The first-order valence-corrected chi connectivity index (χ1v) is 10.7. The highest BCUT2D eigenvalue weighted by molar-refractivity contribution is 5.94. The molecule has 2 aromatic heterocycles. The average molecular weight is 441 g/mol. The van der Waals surface area contributed by atoms with Gasteiger partial charge in [0, 0.05) is 24.5 Å². The normalized spacial score (nSPS) is 12.2. The summed E-state index contributed by atoms with van der Waals surface area (Å²) in [7, 11) is 0. The Kier molecular flexibility index (Phi) is 5.30. The molecule has 0 fully saturated rings. The van der Waals surface area contributed by atoms with Gasteiger partial charge in [0.1, 0.15) is 0 Å².